The summed E-state index contributed by atoms with van der Waals surface area (Å²) in [6.07, 6.45) is 0. The van der Waals surface area contributed by atoms with Crippen molar-refractivity contribution in [1.82, 2.24) is 0 Å². The fourth-order valence-corrected chi connectivity index (χ4v) is 2.24. The number of anilines is 1. The summed E-state index contributed by atoms with van der Waals surface area (Å²) in [6, 6.07) is 12.0. The average Bonchev–Trinajstić information content (AvgIpc) is 2.76. The van der Waals surface area contributed by atoms with E-state index in [0.29, 0.717) is 22.7 Å². The van der Waals surface area contributed by atoms with Gasteiger partial charge < -0.3 is 15.8 Å². The van der Waals surface area contributed by atoms with Gasteiger partial charge in [0, 0.05) is 17.3 Å². The van der Waals surface area contributed by atoms with Gasteiger partial charge in [0.15, 0.2) is 0 Å². The molecule has 0 aromatic heterocycles. The number of benzene rings is 2. The summed E-state index contributed by atoms with van der Waals surface area (Å²) in [5.41, 5.74) is 8.65. The highest BCUT2D eigenvalue weighted by Gasteiger charge is 2.27. The number of amides is 1. The molecule has 3 rings (SSSR count). The smallest absolute Gasteiger partial charge is 0.245 e. The number of carbonyl (C=O) groups is 1. The van der Waals surface area contributed by atoms with Crippen LogP contribution in [0.5, 0.6) is 11.5 Å². The lowest BCUT2D eigenvalue weighted by Crippen LogP contribution is -2.19. The molecule has 1 aliphatic rings. The van der Waals surface area contributed by atoms with Crippen LogP contribution >= 0.6 is 0 Å². The molecule has 104 valence electrons. The van der Waals surface area contributed by atoms with Crippen molar-refractivity contribution >= 4 is 11.6 Å². The standard InChI is InChI=1S/C16H13N3O2/c1-9-2-3-10(8-17)6-14(9)21-11-4-5-12-13(7-11)19-16(20)15(12)18/h2-7,15H,18H2,1H3,(H,19,20). The predicted molar refractivity (Wildman–Crippen MR) is 78.0 cm³/mol. The first kappa shape index (κ1) is 13.2. The highest BCUT2D eigenvalue weighted by Crippen LogP contribution is 2.34. The molecule has 0 saturated heterocycles. The Morgan fingerprint density at radius 3 is 2.86 bits per heavy atom. The molecule has 0 bridgehead atoms. The highest BCUT2D eigenvalue weighted by molar-refractivity contribution is 6.02. The van der Waals surface area contributed by atoms with Crippen LogP contribution in [0.4, 0.5) is 5.69 Å². The first-order valence-corrected chi connectivity index (χ1v) is 6.47. The fourth-order valence-electron chi connectivity index (χ4n) is 2.24. The van der Waals surface area contributed by atoms with Gasteiger partial charge >= 0.3 is 0 Å². The minimum Gasteiger partial charge on any atom is -0.457 e. The normalized spacial score (nSPS) is 16.0. The lowest BCUT2D eigenvalue weighted by Gasteiger charge is -2.10. The van der Waals surface area contributed by atoms with Gasteiger partial charge in [-0.25, -0.2) is 0 Å². The van der Waals surface area contributed by atoms with Gasteiger partial charge in [0.2, 0.25) is 5.91 Å². The molecule has 1 heterocycles. The molecule has 0 aliphatic carbocycles. The van der Waals surface area contributed by atoms with Gasteiger partial charge in [-0.1, -0.05) is 12.1 Å². The molecule has 5 nitrogen and oxygen atoms in total. The highest BCUT2D eigenvalue weighted by atomic mass is 16.5. The van der Waals surface area contributed by atoms with Gasteiger partial charge in [0.25, 0.3) is 0 Å². The van der Waals surface area contributed by atoms with Gasteiger partial charge in [0.05, 0.1) is 11.6 Å². The third-order valence-corrected chi connectivity index (χ3v) is 3.45. The molecule has 0 spiro atoms. The largest absolute Gasteiger partial charge is 0.457 e. The van der Waals surface area contributed by atoms with E-state index in [9.17, 15) is 4.79 Å². The zero-order valence-electron chi connectivity index (χ0n) is 11.4. The van der Waals surface area contributed by atoms with Crippen molar-refractivity contribution in [3.05, 3.63) is 53.1 Å². The number of carbonyl (C=O) groups excluding carboxylic acids is 1. The van der Waals surface area contributed by atoms with Crippen molar-refractivity contribution in [2.24, 2.45) is 5.73 Å². The molecular weight excluding hydrogens is 266 g/mol. The number of nitrogens with zero attached hydrogens (tertiary/aromatic N) is 1. The second kappa shape index (κ2) is 4.93. The Balaban J connectivity index is 1.92. The number of aryl methyl sites for hydroxylation is 1. The Hall–Kier alpha value is -2.84. The van der Waals surface area contributed by atoms with E-state index in [0.717, 1.165) is 11.1 Å². The summed E-state index contributed by atoms with van der Waals surface area (Å²) in [5.74, 6) is 0.980. The number of hydrogen-bond acceptors (Lipinski definition) is 4. The Labute approximate surface area is 121 Å². The van der Waals surface area contributed by atoms with Crippen LogP contribution in [-0.2, 0) is 4.79 Å². The van der Waals surface area contributed by atoms with Gasteiger partial charge in [-0.15, -0.1) is 0 Å². The molecule has 0 saturated carbocycles. The van der Waals surface area contributed by atoms with Crippen molar-refractivity contribution in [3.8, 4) is 17.6 Å². The second-order valence-corrected chi connectivity index (χ2v) is 4.91. The summed E-state index contributed by atoms with van der Waals surface area (Å²) in [4.78, 5) is 11.5. The third kappa shape index (κ3) is 2.33. The van der Waals surface area contributed by atoms with Crippen LogP contribution in [-0.4, -0.2) is 5.91 Å². The molecule has 2 aromatic rings. The van der Waals surface area contributed by atoms with Gasteiger partial charge in [0.1, 0.15) is 17.5 Å². The van der Waals surface area contributed by atoms with E-state index in [1.54, 1.807) is 30.3 Å². The number of nitrogens with one attached hydrogen (secondary N) is 1. The zero-order chi connectivity index (χ0) is 15.0. The number of hydrogen-bond donors (Lipinski definition) is 2. The molecular formula is C16H13N3O2. The minimum atomic E-state index is -0.627. The second-order valence-electron chi connectivity index (χ2n) is 4.91. The van der Waals surface area contributed by atoms with E-state index in [1.807, 2.05) is 13.0 Å². The van der Waals surface area contributed by atoms with Crippen LogP contribution in [0.2, 0.25) is 0 Å². The molecule has 1 amide bonds. The van der Waals surface area contributed by atoms with Gasteiger partial charge in [-0.2, -0.15) is 5.26 Å². The number of fused-ring (bicyclic) bond motifs is 1. The molecule has 1 unspecified atom stereocenters. The van der Waals surface area contributed by atoms with E-state index < -0.39 is 6.04 Å². The SMILES string of the molecule is Cc1ccc(C#N)cc1Oc1ccc2c(c1)NC(=O)C2N. The van der Waals surface area contributed by atoms with E-state index in [2.05, 4.69) is 11.4 Å². The minimum absolute atomic E-state index is 0.218. The molecule has 3 N–H and O–H groups in total. The Kier molecular flexibility index (Phi) is 3.09. The lowest BCUT2D eigenvalue weighted by molar-refractivity contribution is -0.116. The maximum Gasteiger partial charge on any atom is 0.245 e. The van der Waals surface area contributed by atoms with Crippen LogP contribution in [0.15, 0.2) is 36.4 Å². The zero-order valence-corrected chi connectivity index (χ0v) is 11.4. The topological polar surface area (TPSA) is 88.1 Å². The number of nitrogens with two attached hydrogens (primary N) is 1. The van der Waals surface area contributed by atoms with Gasteiger partial charge in [-0.3, -0.25) is 4.79 Å². The maximum absolute atomic E-state index is 11.5. The van der Waals surface area contributed by atoms with E-state index in [-0.39, 0.29) is 5.91 Å². The third-order valence-electron chi connectivity index (χ3n) is 3.45. The summed E-state index contributed by atoms with van der Waals surface area (Å²) in [5, 5.41) is 11.7. The Morgan fingerprint density at radius 1 is 1.29 bits per heavy atom. The molecule has 0 radical (unpaired) electrons. The monoisotopic (exact) mass is 279 g/mol. The van der Waals surface area contributed by atoms with Crippen LogP contribution in [0.25, 0.3) is 0 Å². The van der Waals surface area contributed by atoms with Crippen molar-refractivity contribution in [3.63, 3.8) is 0 Å². The van der Waals surface area contributed by atoms with E-state index in [4.69, 9.17) is 15.7 Å². The Bertz CT molecular complexity index is 778. The first-order valence-electron chi connectivity index (χ1n) is 6.47. The van der Waals surface area contributed by atoms with E-state index >= 15 is 0 Å². The molecule has 5 heteroatoms. The lowest BCUT2D eigenvalue weighted by atomic mass is 10.1. The number of rotatable bonds is 2. The summed E-state index contributed by atoms with van der Waals surface area (Å²) < 4.78 is 5.80. The molecule has 1 aliphatic heterocycles. The van der Waals surface area contributed by atoms with Crippen molar-refractivity contribution < 1.29 is 9.53 Å². The first-order chi connectivity index (χ1) is 10.1. The fraction of sp³-hybridized carbons (Fsp3) is 0.125. The van der Waals surface area contributed by atoms with Crippen molar-refractivity contribution in [2.75, 3.05) is 5.32 Å². The molecule has 1 atom stereocenters. The average molecular weight is 279 g/mol. The van der Waals surface area contributed by atoms with Crippen LogP contribution in [0, 0.1) is 18.3 Å². The van der Waals surface area contributed by atoms with Crippen LogP contribution < -0.4 is 15.8 Å². The van der Waals surface area contributed by atoms with E-state index in [1.165, 1.54) is 0 Å². The van der Waals surface area contributed by atoms with Crippen molar-refractivity contribution in [1.29, 1.82) is 5.26 Å². The summed E-state index contributed by atoms with van der Waals surface area (Å²) >= 11 is 0. The molecule has 2 aromatic carbocycles. The van der Waals surface area contributed by atoms with Crippen molar-refractivity contribution in [2.45, 2.75) is 13.0 Å². The summed E-state index contributed by atoms with van der Waals surface area (Å²) in [6.45, 7) is 1.90. The number of nitriles is 1. The summed E-state index contributed by atoms with van der Waals surface area (Å²) in [7, 11) is 0. The predicted octanol–water partition coefficient (Wildman–Crippen LogP) is 2.61. The molecule has 0 fully saturated rings. The van der Waals surface area contributed by atoms with Crippen LogP contribution in [0.3, 0.4) is 0 Å². The molecule has 21 heavy (non-hydrogen) atoms. The quantitative estimate of drug-likeness (QED) is 0.884. The van der Waals surface area contributed by atoms with Gasteiger partial charge in [-0.05, 0) is 30.7 Å². The maximum atomic E-state index is 11.5. The Morgan fingerprint density at radius 2 is 2.10 bits per heavy atom. The van der Waals surface area contributed by atoms with Crippen LogP contribution in [0.1, 0.15) is 22.7 Å². The number of ether oxygens (including phenoxy) is 1.